The van der Waals surface area contributed by atoms with Gasteiger partial charge in [0, 0.05) is 27.7 Å². The van der Waals surface area contributed by atoms with E-state index < -0.39 is 44.8 Å². The number of nitro benzene ring substituents is 1. The molecule has 7 nitrogen and oxygen atoms in total. The smallest absolute Gasteiger partial charge is 0.387 e. The summed E-state index contributed by atoms with van der Waals surface area (Å²) in [5, 5.41) is 14.1. The standard InChI is InChI=1S/C20H20BrClF3N3O4S/c1-20(2,3)33(31)26-8-7-14(17-12(21)5-4-6-16(17)32-19(24)25)27-15-10-11(22)9-13(23)18(15)28(29)30/h4-6,8-10,14,19,27H,7H2,1-3H3/b26-8+/t14-,33?/m1/s1. The Hall–Kier alpha value is -2.18. The Morgan fingerprint density at radius 3 is 2.61 bits per heavy atom. The maximum atomic E-state index is 14.3. The first kappa shape index (κ1) is 27.1. The van der Waals surface area contributed by atoms with E-state index in [2.05, 4.69) is 30.4 Å². The van der Waals surface area contributed by atoms with E-state index in [-0.39, 0.29) is 28.4 Å². The van der Waals surface area contributed by atoms with Gasteiger partial charge in [0.2, 0.25) is 5.82 Å². The maximum absolute atomic E-state index is 14.3. The first-order valence-corrected chi connectivity index (χ1v) is 11.7. The van der Waals surface area contributed by atoms with Crippen molar-refractivity contribution in [2.24, 2.45) is 4.40 Å². The van der Waals surface area contributed by atoms with E-state index in [9.17, 15) is 27.5 Å². The van der Waals surface area contributed by atoms with Crippen LogP contribution in [-0.4, -0.2) is 26.7 Å². The molecule has 2 rings (SSSR count). The topological polar surface area (TPSA) is 93.8 Å². The van der Waals surface area contributed by atoms with Crippen molar-refractivity contribution >= 4 is 56.1 Å². The van der Waals surface area contributed by atoms with E-state index in [1.165, 1.54) is 18.3 Å². The normalized spacial score (nSPS) is 13.8. The highest BCUT2D eigenvalue weighted by Crippen LogP contribution is 2.40. The first-order chi connectivity index (χ1) is 15.3. The highest BCUT2D eigenvalue weighted by atomic mass is 79.9. The van der Waals surface area contributed by atoms with Gasteiger partial charge in [0.25, 0.3) is 0 Å². The van der Waals surface area contributed by atoms with Crippen LogP contribution in [0.4, 0.5) is 24.5 Å². The molecule has 0 aromatic heterocycles. The lowest BCUT2D eigenvalue weighted by atomic mass is 10.0. The Balaban J connectivity index is 2.58. The van der Waals surface area contributed by atoms with Gasteiger partial charge in [0.05, 0.1) is 15.7 Å². The predicted octanol–water partition coefficient (Wildman–Crippen LogP) is 6.83. The fourth-order valence-corrected chi connectivity index (χ4v) is 4.09. The zero-order chi connectivity index (χ0) is 24.9. The molecule has 0 saturated carbocycles. The maximum Gasteiger partial charge on any atom is 0.387 e. The molecule has 0 spiro atoms. The molecule has 0 amide bonds. The molecule has 0 aliphatic heterocycles. The predicted molar refractivity (Wildman–Crippen MR) is 126 cm³/mol. The molecule has 0 bridgehead atoms. The molecule has 33 heavy (non-hydrogen) atoms. The second-order valence-electron chi connectivity index (χ2n) is 7.65. The number of hydrogen-bond acceptors (Lipinski definition) is 5. The van der Waals surface area contributed by atoms with Crippen molar-refractivity contribution in [1.82, 2.24) is 0 Å². The van der Waals surface area contributed by atoms with Crippen LogP contribution in [-0.2, 0) is 11.0 Å². The quantitative estimate of drug-likeness (QED) is 0.203. The number of alkyl halides is 2. The van der Waals surface area contributed by atoms with Crippen LogP contribution in [0.15, 0.2) is 39.2 Å². The molecule has 1 N–H and O–H groups in total. The van der Waals surface area contributed by atoms with Gasteiger partial charge in [-0.15, -0.1) is 0 Å². The molecule has 2 atom stereocenters. The average molecular weight is 571 g/mol. The highest BCUT2D eigenvalue weighted by Gasteiger charge is 2.27. The Kier molecular flexibility index (Phi) is 9.27. The number of hydrogen-bond donors (Lipinski definition) is 1. The van der Waals surface area contributed by atoms with Gasteiger partial charge in [-0.3, -0.25) is 10.1 Å². The second-order valence-corrected chi connectivity index (χ2v) is 10.9. The third-order valence-electron chi connectivity index (χ3n) is 4.15. The molecule has 180 valence electrons. The Morgan fingerprint density at radius 2 is 2.03 bits per heavy atom. The third kappa shape index (κ3) is 7.41. The highest BCUT2D eigenvalue weighted by molar-refractivity contribution is 9.10. The van der Waals surface area contributed by atoms with Crippen molar-refractivity contribution in [2.75, 3.05) is 5.32 Å². The van der Waals surface area contributed by atoms with Crippen LogP contribution in [0.2, 0.25) is 5.02 Å². The van der Waals surface area contributed by atoms with E-state index in [0.717, 1.165) is 12.1 Å². The minimum atomic E-state index is -3.14. The van der Waals surface area contributed by atoms with Gasteiger partial charge in [-0.2, -0.15) is 17.6 Å². The monoisotopic (exact) mass is 569 g/mol. The summed E-state index contributed by atoms with van der Waals surface area (Å²) >= 11 is 9.16. The van der Waals surface area contributed by atoms with Crippen molar-refractivity contribution in [1.29, 1.82) is 0 Å². The van der Waals surface area contributed by atoms with Crippen LogP contribution in [0, 0.1) is 15.9 Å². The number of anilines is 1. The number of nitrogens with zero attached hydrogens (tertiary/aromatic N) is 2. The largest absolute Gasteiger partial charge is 0.434 e. The van der Waals surface area contributed by atoms with Crippen LogP contribution >= 0.6 is 27.5 Å². The average Bonchev–Trinajstić information content (AvgIpc) is 2.65. The van der Waals surface area contributed by atoms with Crippen molar-refractivity contribution in [3.63, 3.8) is 0 Å². The van der Waals surface area contributed by atoms with Crippen LogP contribution in [0.1, 0.15) is 38.8 Å². The zero-order valence-corrected chi connectivity index (χ0v) is 20.8. The Labute approximate surface area is 204 Å². The molecular formula is C20H20BrClF3N3O4S. The summed E-state index contributed by atoms with van der Waals surface area (Å²) in [7, 11) is -1.61. The molecule has 0 heterocycles. The summed E-state index contributed by atoms with van der Waals surface area (Å²) in [6, 6.07) is 5.26. The molecule has 0 fully saturated rings. The van der Waals surface area contributed by atoms with E-state index >= 15 is 0 Å². The number of rotatable bonds is 9. The van der Waals surface area contributed by atoms with Gasteiger partial charge in [0.15, 0.2) is 0 Å². The molecule has 1 unspecified atom stereocenters. The van der Waals surface area contributed by atoms with Gasteiger partial charge in [-0.05, 0) is 45.0 Å². The Bertz CT molecular complexity index is 1080. The molecule has 0 aliphatic rings. The molecule has 13 heteroatoms. The summed E-state index contributed by atoms with van der Waals surface area (Å²) in [5.41, 5.74) is -0.984. The van der Waals surface area contributed by atoms with E-state index in [1.807, 2.05) is 0 Å². The number of nitro groups is 1. The molecular weight excluding hydrogens is 551 g/mol. The summed E-state index contributed by atoms with van der Waals surface area (Å²) in [6.07, 6.45) is 1.24. The van der Waals surface area contributed by atoms with Gasteiger partial charge in [-0.25, -0.2) is 4.21 Å². The zero-order valence-electron chi connectivity index (χ0n) is 17.7. The fraction of sp³-hybridized carbons (Fsp3) is 0.350. The van der Waals surface area contributed by atoms with E-state index in [4.69, 9.17) is 11.6 Å². The van der Waals surface area contributed by atoms with Crippen molar-refractivity contribution < 1.29 is 27.0 Å². The van der Waals surface area contributed by atoms with Crippen LogP contribution < -0.4 is 10.1 Å². The summed E-state index contributed by atoms with van der Waals surface area (Å²) < 4.78 is 60.8. The molecule has 2 aromatic rings. The SMILES string of the molecule is CC(C)(C)S(=O)/N=C/C[C@@H](Nc1cc(Cl)cc(F)c1[N+](=O)[O-])c1c(Br)cccc1OC(F)F. The van der Waals surface area contributed by atoms with Crippen molar-refractivity contribution in [2.45, 2.75) is 44.6 Å². The number of halogens is 5. The van der Waals surface area contributed by atoms with E-state index in [1.54, 1.807) is 26.8 Å². The van der Waals surface area contributed by atoms with Gasteiger partial charge in [-0.1, -0.05) is 33.6 Å². The van der Waals surface area contributed by atoms with Crippen LogP contribution in [0.5, 0.6) is 5.75 Å². The number of nitrogens with one attached hydrogen (secondary N) is 1. The minimum absolute atomic E-state index is 0.0602. The van der Waals surface area contributed by atoms with Crippen LogP contribution in [0.25, 0.3) is 0 Å². The van der Waals surface area contributed by atoms with Crippen molar-refractivity contribution in [3.05, 3.63) is 61.3 Å². The second kappa shape index (κ2) is 11.3. The van der Waals surface area contributed by atoms with Gasteiger partial charge in [0.1, 0.15) is 22.4 Å². The lowest BCUT2D eigenvalue weighted by Gasteiger charge is -2.23. The summed E-state index contributed by atoms with van der Waals surface area (Å²) in [4.78, 5) is 10.5. The molecule has 2 aromatic carbocycles. The summed E-state index contributed by atoms with van der Waals surface area (Å²) in [5.74, 6) is -1.39. The lowest BCUT2D eigenvalue weighted by Crippen LogP contribution is -2.20. The number of ether oxygens (including phenoxy) is 1. The molecule has 0 saturated heterocycles. The third-order valence-corrected chi connectivity index (χ3v) is 6.45. The van der Waals surface area contributed by atoms with Crippen LogP contribution in [0.3, 0.4) is 0 Å². The number of benzene rings is 2. The van der Waals surface area contributed by atoms with Gasteiger partial charge >= 0.3 is 12.3 Å². The summed E-state index contributed by atoms with van der Waals surface area (Å²) in [6.45, 7) is 2.02. The minimum Gasteiger partial charge on any atom is -0.434 e. The van der Waals surface area contributed by atoms with Gasteiger partial charge < -0.3 is 10.1 Å². The fourth-order valence-electron chi connectivity index (χ4n) is 2.73. The van der Waals surface area contributed by atoms with E-state index in [0.29, 0.717) is 4.47 Å². The first-order valence-electron chi connectivity index (χ1n) is 9.39. The molecule has 0 aliphatic carbocycles. The Morgan fingerprint density at radius 1 is 1.36 bits per heavy atom. The molecule has 0 radical (unpaired) electrons. The van der Waals surface area contributed by atoms with Crippen molar-refractivity contribution in [3.8, 4) is 5.75 Å². The lowest BCUT2D eigenvalue weighted by molar-refractivity contribution is -0.386.